The third kappa shape index (κ3) is 4.25. The van der Waals surface area contributed by atoms with Crippen molar-refractivity contribution in [1.29, 1.82) is 0 Å². The molecule has 0 saturated carbocycles. The van der Waals surface area contributed by atoms with Crippen molar-refractivity contribution in [2.45, 2.75) is 47.5 Å². The van der Waals surface area contributed by atoms with Crippen molar-refractivity contribution >= 4 is 57.3 Å². The predicted molar refractivity (Wildman–Crippen MR) is 133 cm³/mol. The smallest absolute Gasteiger partial charge is 0.355 e. The number of rotatable bonds is 7. The Hall–Kier alpha value is -2.44. The van der Waals surface area contributed by atoms with Gasteiger partial charge in [0.15, 0.2) is 15.6 Å². The maximum atomic E-state index is 13.4. The molecule has 12 heteroatoms. The lowest BCUT2D eigenvalue weighted by atomic mass is 9.89. The number of alkyl halides is 1. The van der Waals surface area contributed by atoms with Gasteiger partial charge >= 0.3 is 11.9 Å². The molecule has 1 saturated heterocycles. The fourth-order valence-corrected chi connectivity index (χ4v) is 7.38. The molecule has 0 N–H and O–H groups in total. The molecule has 1 amide bonds. The van der Waals surface area contributed by atoms with Gasteiger partial charge in [-0.15, -0.1) is 11.8 Å². The van der Waals surface area contributed by atoms with Crippen LogP contribution in [0.1, 0.15) is 30.7 Å². The molecular formula is C23H22BrN3O6S2. The van der Waals surface area contributed by atoms with Gasteiger partial charge < -0.3 is 18.8 Å². The Labute approximate surface area is 218 Å². The summed E-state index contributed by atoms with van der Waals surface area (Å²) in [5.74, 6) is 0.165. The second kappa shape index (κ2) is 9.55. The number of ether oxygens (including phenoxy) is 3. The highest BCUT2D eigenvalue weighted by molar-refractivity contribution is 9.10. The number of esters is 2. The number of fused-ring (bicyclic) bond motifs is 2. The first-order chi connectivity index (χ1) is 16.8. The van der Waals surface area contributed by atoms with Crippen molar-refractivity contribution in [2.75, 3.05) is 12.9 Å². The summed E-state index contributed by atoms with van der Waals surface area (Å²) >= 11 is 6.52. The highest BCUT2D eigenvalue weighted by Gasteiger charge is 2.69. The van der Waals surface area contributed by atoms with Gasteiger partial charge in [0, 0.05) is 30.8 Å². The highest BCUT2D eigenvalue weighted by atomic mass is 79.9. The maximum absolute atomic E-state index is 13.4. The molecule has 1 aromatic carbocycles. The zero-order valence-electron chi connectivity index (χ0n) is 18.9. The third-order valence-corrected chi connectivity index (χ3v) is 9.68. The number of halogens is 1. The van der Waals surface area contributed by atoms with Crippen LogP contribution in [0.25, 0.3) is 0 Å². The fraction of sp³-hybridized carbons (Fsp3) is 0.391. The summed E-state index contributed by atoms with van der Waals surface area (Å²) in [6.07, 6.45) is 1.91. The minimum atomic E-state index is -1.26. The molecule has 3 atom stereocenters. The normalized spacial score (nSPS) is 23.5. The number of carbonyl (C=O) groups is 3. The van der Waals surface area contributed by atoms with Crippen LogP contribution in [0, 0.1) is 0 Å². The molecule has 35 heavy (non-hydrogen) atoms. The van der Waals surface area contributed by atoms with Crippen LogP contribution in [0.4, 0.5) is 0 Å². The second-order valence-electron chi connectivity index (χ2n) is 8.19. The Morgan fingerprint density at radius 3 is 2.77 bits per heavy atom. The van der Waals surface area contributed by atoms with Gasteiger partial charge in [-0.1, -0.05) is 39.8 Å². The number of imidazole rings is 1. The third-order valence-electron chi connectivity index (χ3n) is 5.91. The molecule has 2 unspecified atom stereocenters. The Balaban J connectivity index is 1.31. The summed E-state index contributed by atoms with van der Waals surface area (Å²) in [4.78, 5) is 44.2. The Kier molecular flexibility index (Phi) is 6.62. The van der Waals surface area contributed by atoms with Crippen LogP contribution in [0.5, 0.6) is 5.75 Å². The number of amides is 1. The number of benzene rings is 1. The van der Waals surface area contributed by atoms with E-state index in [-0.39, 0.29) is 18.2 Å². The summed E-state index contributed by atoms with van der Waals surface area (Å²) in [5.41, 5.74) is 1.46. The zero-order valence-corrected chi connectivity index (χ0v) is 22.2. The Morgan fingerprint density at radius 2 is 2.09 bits per heavy atom. The molecule has 2 aromatic rings. The Morgan fingerprint density at radius 1 is 1.31 bits per heavy atom. The van der Waals surface area contributed by atoms with Crippen molar-refractivity contribution in [3.8, 4) is 5.75 Å². The van der Waals surface area contributed by atoms with E-state index in [4.69, 9.17) is 14.2 Å². The van der Waals surface area contributed by atoms with Gasteiger partial charge in [0.1, 0.15) is 29.1 Å². The topological polar surface area (TPSA) is 100.0 Å². The summed E-state index contributed by atoms with van der Waals surface area (Å²) in [7, 11) is 1.58. The van der Waals surface area contributed by atoms with Gasteiger partial charge in [-0.05, 0) is 24.1 Å². The number of β-lactam (4-membered cyclic amide) rings is 1. The summed E-state index contributed by atoms with van der Waals surface area (Å²) in [6.45, 7) is 2.18. The SMILES string of the molecule is COc1ccc(COC(=O)C2=CS[C@H]3N2C(=O)C3(Br)C(OC(C)=O)c2cn3c(n2)SCCC3)cc1. The van der Waals surface area contributed by atoms with Crippen molar-refractivity contribution in [1.82, 2.24) is 14.5 Å². The molecule has 3 aliphatic rings. The van der Waals surface area contributed by atoms with Crippen LogP contribution in [0.3, 0.4) is 0 Å². The first-order valence-electron chi connectivity index (χ1n) is 10.9. The largest absolute Gasteiger partial charge is 0.497 e. The molecule has 9 nitrogen and oxygen atoms in total. The average molecular weight is 580 g/mol. The predicted octanol–water partition coefficient (Wildman–Crippen LogP) is 3.63. The lowest BCUT2D eigenvalue weighted by molar-refractivity contribution is -0.163. The van der Waals surface area contributed by atoms with E-state index in [1.54, 1.807) is 48.5 Å². The average Bonchev–Trinajstić information content (AvgIpc) is 3.48. The minimum absolute atomic E-state index is 0.0605. The quantitative estimate of drug-likeness (QED) is 0.276. The van der Waals surface area contributed by atoms with Gasteiger partial charge in [-0.25, -0.2) is 9.78 Å². The zero-order chi connectivity index (χ0) is 24.7. The van der Waals surface area contributed by atoms with E-state index in [1.807, 2.05) is 10.8 Å². The first-order valence-corrected chi connectivity index (χ1v) is 13.6. The van der Waals surface area contributed by atoms with E-state index in [1.165, 1.54) is 23.6 Å². The van der Waals surface area contributed by atoms with E-state index in [9.17, 15) is 14.4 Å². The molecule has 184 valence electrons. The highest BCUT2D eigenvalue weighted by Crippen LogP contribution is 2.58. The molecule has 0 radical (unpaired) electrons. The fourth-order valence-electron chi connectivity index (χ4n) is 4.18. The number of nitrogens with zero attached hydrogens (tertiary/aromatic N) is 3. The van der Waals surface area contributed by atoms with Crippen molar-refractivity contribution in [3.63, 3.8) is 0 Å². The molecule has 0 aliphatic carbocycles. The molecule has 1 fully saturated rings. The lowest BCUT2D eigenvalue weighted by Crippen LogP contribution is -2.70. The summed E-state index contributed by atoms with van der Waals surface area (Å²) in [6, 6.07) is 7.17. The van der Waals surface area contributed by atoms with Gasteiger partial charge in [-0.2, -0.15) is 0 Å². The minimum Gasteiger partial charge on any atom is -0.497 e. The van der Waals surface area contributed by atoms with Crippen LogP contribution in [0.2, 0.25) is 0 Å². The molecule has 0 spiro atoms. The number of thioether (sulfide) groups is 2. The molecule has 4 heterocycles. The van der Waals surface area contributed by atoms with Crippen molar-refractivity contribution in [3.05, 3.63) is 52.8 Å². The van der Waals surface area contributed by atoms with Gasteiger partial charge in [0.25, 0.3) is 5.91 Å². The van der Waals surface area contributed by atoms with Gasteiger partial charge in [0.05, 0.1) is 7.11 Å². The van der Waals surface area contributed by atoms with Crippen LogP contribution < -0.4 is 4.74 Å². The number of hydrogen-bond donors (Lipinski definition) is 0. The molecule has 3 aliphatic heterocycles. The van der Waals surface area contributed by atoms with Crippen molar-refractivity contribution in [2.24, 2.45) is 0 Å². The van der Waals surface area contributed by atoms with E-state index >= 15 is 0 Å². The number of aryl methyl sites for hydroxylation is 1. The first kappa shape index (κ1) is 24.3. The van der Waals surface area contributed by atoms with E-state index in [0.29, 0.717) is 11.4 Å². The van der Waals surface area contributed by atoms with Crippen LogP contribution >= 0.6 is 39.5 Å². The lowest BCUT2D eigenvalue weighted by Gasteiger charge is -2.51. The molecule has 0 bridgehead atoms. The van der Waals surface area contributed by atoms with E-state index in [2.05, 4.69) is 20.9 Å². The number of methoxy groups -OCH3 is 1. The van der Waals surface area contributed by atoms with Gasteiger partial charge in [-0.3, -0.25) is 14.5 Å². The standard InChI is InChI=1S/C23H22BrN3O6S2/c1-13(28)33-18(16-10-26-8-3-9-34-22(26)25-16)23(24)20(30)27-17(12-35-21(23)27)19(29)32-11-14-4-6-15(31-2)7-5-14/h4-7,10,12,18,21H,3,8-9,11H2,1-2H3/t18?,21-,23?/m1/s1. The molecule has 1 aromatic heterocycles. The van der Waals surface area contributed by atoms with Crippen LogP contribution in [-0.2, 0) is 37.0 Å². The number of carbonyl (C=O) groups excluding carboxylic acids is 3. The van der Waals surface area contributed by atoms with E-state index < -0.39 is 27.7 Å². The van der Waals surface area contributed by atoms with E-state index in [0.717, 1.165) is 29.4 Å². The summed E-state index contributed by atoms with van der Waals surface area (Å²) < 4.78 is 17.0. The number of hydrogen-bond acceptors (Lipinski definition) is 9. The Bertz CT molecular complexity index is 1190. The van der Waals surface area contributed by atoms with Gasteiger partial charge in [0.2, 0.25) is 0 Å². The second-order valence-corrected chi connectivity index (χ2v) is 11.5. The summed E-state index contributed by atoms with van der Waals surface area (Å²) in [5, 5.41) is 1.96. The maximum Gasteiger partial charge on any atom is 0.355 e. The monoisotopic (exact) mass is 579 g/mol. The van der Waals surface area contributed by atoms with Crippen LogP contribution in [-0.4, -0.2) is 54.9 Å². The van der Waals surface area contributed by atoms with Crippen molar-refractivity contribution < 1.29 is 28.6 Å². The van der Waals surface area contributed by atoms with Crippen LogP contribution in [0.15, 0.2) is 46.7 Å². The molecule has 5 rings (SSSR count). The number of aromatic nitrogens is 2. The molecular weight excluding hydrogens is 558 g/mol.